The molecule has 1 heterocycles. The SMILES string of the molecule is CCCCn1nnnc1NCc1cc(Cl)c(OCc2ccc(C)cc2)c(OCC)c1. The molecule has 0 aliphatic carbocycles. The molecule has 0 radical (unpaired) electrons. The molecule has 7 nitrogen and oxygen atoms in total. The zero-order chi connectivity index (χ0) is 21.3. The van der Waals surface area contributed by atoms with E-state index in [1.807, 2.05) is 31.2 Å². The number of tetrazole rings is 1. The maximum Gasteiger partial charge on any atom is 0.243 e. The standard InChI is InChI=1S/C22H28ClN5O2/c1-4-6-11-28-22(25-26-27-28)24-14-18-12-19(23)21(20(13-18)29-5-2)30-15-17-9-7-16(3)8-10-17/h7-10,12-13H,4-6,11,14-15H2,1-3H3,(H,24,25,27). The number of ether oxygens (including phenoxy) is 2. The van der Waals surface area contributed by atoms with Crippen LogP contribution in [0.4, 0.5) is 5.95 Å². The molecule has 1 aromatic heterocycles. The number of unbranched alkanes of at least 4 members (excludes halogenated alkanes) is 1. The number of aromatic nitrogens is 4. The molecule has 0 aliphatic rings. The van der Waals surface area contributed by atoms with E-state index >= 15 is 0 Å². The maximum atomic E-state index is 6.54. The van der Waals surface area contributed by atoms with Crippen LogP contribution in [0.5, 0.6) is 11.5 Å². The summed E-state index contributed by atoms with van der Waals surface area (Å²) in [5.74, 6) is 1.81. The lowest BCUT2D eigenvalue weighted by Crippen LogP contribution is -2.09. The molecular formula is C22H28ClN5O2. The molecular weight excluding hydrogens is 402 g/mol. The monoisotopic (exact) mass is 429 g/mol. The molecule has 0 saturated carbocycles. The summed E-state index contributed by atoms with van der Waals surface area (Å²) in [7, 11) is 0. The van der Waals surface area contributed by atoms with Crippen LogP contribution in [0.3, 0.4) is 0 Å². The average molecular weight is 430 g/mol. The summed E-state index contributed by atoms with van der Waals surface area (Å²) in [5, 5.41) is 15.6. The molecule has 0 atom stereocenters. The number of benzene rings is 2. The van der Waals surface area contributed by atoms with Crippen molar-refractivity contribution in [3.8, 4) is 11.5 Å². The first-order chi connectivity index (χ1) is 14.6. The van der Waals surface area contributed by atoms with Crippen molar-refractivity contribution in [3.05, 3.63) is 58.1 Å². The average Bonchev–Trinajstić information content (AvgIpc) is 3.19. The van der Waals surface area contributed by atoms with Crippen LogP contribution in [0.25, 0.3) is 0 Å². The molecule has 3 aromatic rings. The molecule has 0 aliphatic heterocycles. The van der Waals surface area contributed by atoms with Crippen LogP contribution in [0.2, 0.25) is 5.02 Å². The van der Waals surface area contributed by atoms with E-state index < -0.39 is 0 Å². The van der Waals surface area contributed by atoms with Gasteiger partial charge in [0.2, 0.25) is 5.95 Å². The van der Waals surface area contributed by atoms with E-state index in [1.165, 1.54) is 5.56 Å². The molecule has 0 bridgehead atoms. The summed E-state index contributed by atoms with van der Waals surface area (Å²) >= 11 is 6.54. The van der Waals surface area contributed by atoms with Crippen LogP contribution >= 0.6 is 11.6 Å². The molecule has 1 N–H and O–H groups in total. The Morgan fingerprint density at radius 1 is 1.07 bits per heavy atom. The molecule has 0 saturated heterocycles. The third kappa shape index (κ3) is 5.86. The highest BCUT2D eigenvalue weighted by Gasteiger charge is 2.14. The Morgan fingerprint density at radius 3 is 2.60 bits per heavy atom. The van der Waals surface area contributed by atoms with Gasteiger partial charge >= 0.3 is 0 Å². The van der Waals surface area contributed by atoms with Crippen molar-refractivity contribution in [3.63, 3.8) is 0 Å². The van der Waals surface area contributed by atoms with Gasteiger partial charge in [-0.15, -0.1) is 0 Å². The van der Waals surface area contributed by atoms with Gasteiger partial charge in [0.15, 0.2) is 11.5 Å². The van der Waals surface area contributed by atoms with Crippen LogP contribution < -0.4 is 14.8 Å². The lowest BCUT2D eigenvalue weighted by Gasteiger charge is -2.16. The molecule has 2 aromatic carbocycles. The second-order valence-corrected chi connectivity index (χ2v) is 7.45. The Labute approximate surface area is 182 Å². The first kappa shape index (κ1) is 21.9. The number of anilines is 1. The lowest BCUT2D eigenvalue weighted by atomic mass is 10.1. The zero-order valence-electron chi connectivity index (χ0n) is 17.7. The molecule has 160 valence electrons. The van der Waals surface area contributed by atoms with Crippen molar-refractivity contribution >= 4 is 17.5 Å². The minimum Gasteiger partial charge on any atom is -0.490 e. The predicted octanol–water partition coefficient (Wildman–Crippen LogP) is 5.02. The van der Waals surface area contributed by atoms with Crippen molar-refractivity contribution in [2.24, 2.45) is 0 Å². The molecule has 30 heavy (non-hydrogen) atoms. The second-order valence-electron chi connectivity index (χ2n) is 7.04. The van der Waals surface area contributed by atoms with Gasteiger partial charge in [-0.3, -0.25) is 0 Å². The van der Waals surface area contributed by atoms with Gasteiger partial charge in [0, 0.05) is 13.1 Å². The van der Waals surface area contributed by atoms with Gasteiger partial charge in [-0.1, -0.05) is 59.9 Å². The molecule has 0 unspecified atom stereocenters. The highest BCUT2D eigenvalue weighted by Crippen LogP contribution is 2.37. The van der Waals surface area contributed by atoms with Crippen LogP contribution in [0, 0.1) is 6.92 Å². The highest BCUT2D eigenvalue weighted by atomic mass is 35.5. The van der Waals surface area contributed by atoms with Crippen molar-refractivity contribution in [1.82, 2.24) is 20.2 Å². The largest absolute Gasteiger partial charge is 0.490 e. The number of aryl methyl sites for hydroxylation is 2. The molecule has 0 amide bonds. The van der Waals surface area contributed by atoms with Crippen molar-refractivity contribution in [2.45, 2.75) is 53.3 Å². The Kier molecular flexibility index (Phi) is 7.90. The van der Waals surface area contributed by atoms with Gasteiger partial charge in [0.1, 0.15) is 6.61 Å². The number of nitrogens with one attached hydrogen (secondary N) is 1. The predicted molar refractivity (Wildman–Crippen MR) is 118 cm³/mol. The van der Waals surface area contributed by atoms with Gasteiger partial charge < -0.3 is 14.8 Å². The lowest BCUT2D eigenvalue weighted by molar-refractivity contribution is 0.269. The third-order valence-corrected chi connectivity index (χ3v) is 4.86. The number of nitrogens with zero attached hydrogens (tertiary/aromatic N) is 4. The van der Waals surface area contributed by atoms with E-state index in [4.69, 9.17) is 21.1 Å². The third-order valence-electron chi connectivity index (χ3n) is 4.58. The summed E-state index contributed by atoms with van der Waals surface area (Å²) < 4.78 is 13.6. The summed E-state index contributed by atoms with van der Waals surface area (Å²) in [6, 6.07) is 12.0. The van der Waals surface area contributed by atoms with Crippen molar-refractivity contribution in [2.75, 3.05) is 11.9 Å². The van der Waals surface area contributed by atoms with Gasteiger partial charge in [0.05, 0.1) is 11.6 Å². The van der Waals surface area contributed by atoms with Crippen molar-refractivity contribution in [1.29, 1.82) is 0 Å². The fourth-order valence-corrected chi connectivity index (χ4v) is 3.22. The summed E-state index contributed by atoms with van der Waals surface area (Å²) in [6.45, 7) is 8.37. The minimum atomic E-state index is 0.421. The topological polar surface area (TPSA) is 74.1 Å². The van der Waals surface area contributed by atoms with Crippen LogP contribution in [-0.4, -0.2) is 26.8 Å². The normalized spacial score (nSPS) is 10.8. The Morgan fingerprint density at radius 2 is 1.87 bits per heavy atom. The molecule has 0 fully saturated rings. The van der Waals surface area contributed by atoms with Crippen LogP contribution in [0.15, 0.2) is 36.4 Å². The fraction of sp³-hybridized carbons (Fsp3) is 0.409. The van der Waals surface area contributed by atoms with E-state index in [2.05, 4.69) is 46.8 Å². The maximum absolute atomic E-state index is 6.54. The molecule has 8 heteroatoms. The van der Waals surface area contributed by atoms with E-state index in [-0.39, 0.29) is 0 Å². The second kappa shape index (κ2) is 10.8. The quantitative estimate of drug-likeness (QED) is 0.461. The van der Waals surface area contributed by atoms with Gasteiger partial charge in [-0.05, 0) is 54.0 Å². The summed E-state index contributed by atoms with van der Waals surface area (Å²) in [6.07, 6.45) is 2.10. The minimum absolute atomic E-state index is 0.421. The number of hydrogen-bond donors (Lipinski definition) is 1. The first-order valence-electron chi connectivity index (χ1n) is 10.2. The smallest absolute Gasteiger partial charge is 0.243 e. The number of rotatable bonds is 11. The highest BCUT2D eigenvalue weighted by molar-refractivity contribution is 6.32. The van der Waals surface area contributed by atoms with Gasteiger partial charge in [0.25, 0.3) is 0 Å². The fourth-order valence-electron chi connectivity index (χ4n) is 2.94. The molecule has 0 spiro atoms. The Bertz CT molecular complexity index is 943. The number of hydrogen-bond acceptors (Lipinski definition) is 6. The van der Waals surface area contributed by atoms with Crippen molar-refractivity contribution < 1.29 is 9.47 Å². The number of halogens is 1. The Balaban J connectivity index is 1.70. The van der Waals surface area contributed by atoms with Crippen LogP contribution in [0.1, 0.15) is 43.4 Å². The summed E-state index contributed by atoms with van der Waals surface area (Å²) in [4.78, 5) is 0. The Hall–Kier alpha value is -2.80. The summed E-state index contributed by atoms with van der Waals surface area (Å²) in [5.41, 5.74) is 3.24. The van der Waals surface area contributed by atoms with E-state index in [9.17, 15) is 0 Å². The van der Waals surface area contributed by atoms with E-state index in [0.717, 1.165) is 30.5 Å². The van der Waals surface area contributed by atoms with Crippen LogP contribution in [-0.2, 0) is 19.7 Å². The van der Waals surface area contributed by atoms with E-state index in [1.54, 1.807) is 4.68 Å². The van der Waals surface area contributed by atoms with Gasteiger partial charge in [-0.2, -0.15) is 0 Å². The first-order valence-corrected chi connectivity index (χ1v) is 10.6. The zero-order valence-corrected chi connectivity index (χ0v) is 18.4. The van der Waals surface area contributed by atoms with Gasteiger partial charge in [-0.25, -0.2) is 4.68 Å². The van der Waals surface area contributed by atoms with E-state index in [0.29, 0.717) is 42.2 Å². The molecule has 3 rings (SSSR count).